The summed E-state index contributed by atoms with van der Waals surface area (Å²) < 4.78 is 7.39. The maximum atomic E-state index is 12.9. The molecule has 4 nitrogen and oxygen atoms in total. The van der Waals surface area contributed by atoms with Crippen LogP contribution >= 0.6 is 34.5 Å². The zero-order chi connectivity index (χ0) is 21.0. The standard InChI is InChI=1S/C22H22Cl2N2O2S/c1-4-6-19-20(14-7-9-15(23)10-8-14)26(5-2)22(29-19)25-21(27)17-13-16(24)11-12-18(17)28-3/h7-13H,4-6H2,1-3H3. The number of rotatable bonds is 6. The van der Waals surface area contributed by atoms with Crippen LogP contribution in [0, 0.1) is 0 Å². The van der Waals surface area contributed by atoms with Crippen molar-refractivity contribution >= 4 is 40.4 Å². The average molecular weight is 449 g/mol. The number of benzene rings is 2. The number of methoxy groups -OCH3 is 1. The minimum absolute atomic E-state index is 0.348. The molecule has 2 aromatic carbocycles. The molecule has 0 aliphatic heterocycles. The number of halogens is 2. The lowest BCUT2D eigenvalue weighted by Gasteiger charge is -2.09. The first-order valence-electron chi connectivity index (χ1n) is 9.39. The van der Waals surface area contributed by atoms with Crippen molar-refractivity contribution in [3.8, 4) is 17.0 Å². The number of hydrogen-bond acceptors (Lipinski definition) is 3. The van der Waals surface area contributed by atoms with Gasteiger partial charge in [-0.25, -0.2) is 0 Å². The Morgan fingerprint density at radius 1 is 1.10 bits per heavy atom. The first kappa shape index (κ1) is 21.6. The summed E-state index contributed by atoms with van der Waals surface area (Å²) in [7, 11) is 1.52. The smallest absolute Gasteiger partial charge is 0.283 e. The molecule has 0 aliphatic rings. The Kier molecular flexibility index (Phi) is 7.17. The second kappa shape index (κ2) is 9.61. The number of amides is 1. The van der Waals surface area contributed by atoms with Gasteiger partial charge >= 0.3 is 0 Å². The molecule has 1 amide bonds. The molecule has 0 unspecified atom stereocenters. The highest BCUT2D eigenvalue weighted by Crippen LogP contribution is 2.29. The van der Waals surface area contributed by atoms with Crippen LogP contribution in [0.2, 0.25) is 10.0 Å². The van der Waals surface area contributed by atoms with Crippen LogP contribution in [0.15, 0.2) is 47.5 Å². The third-order valence-electron chi connectivity index (χ3n) is 4.48. The summed E-state index contributed by atoms with van der Waals surface area (Å²) in [6, 6.07) is 12.7. The van der Waals surface area contributed by atoms with Gasteiger partial charge in [-0.05, 0) is 49.2 Å². The molecule has 152 valence electrons. The van der Waals surface area contributed by atoms with Gasteiger partial charge in [-0.1, -0.05) is 48.7 Å². The van der Waals surface area contributed by atoms with Crippen LogP contribution in [-0.2, 0) is 13.0 Å². The van der Waals surface area contributed by atoms with E-state index in [1.807, 2.05) is 31.2 Å². The number of ether oxygens (including phenoxy) is 1. The Balaban J connectivity index is 2.17. The molecule has 7 heteroatoms. The molecular weight excluding hydrogens is 427 g/mol. The number of carbonyl (C=O) groups excluding carboxylic acids is 1. The monoisotopic (exact) mass is 448 g/mol. The highest BCUT2D eigenvalue weighted by Gasteiger charge is 2.17. The lowest BCUT2D eigenvalue weighted by Crippen LogP contribution is -2.17. The van der Waals surface area contributed by atoms with Crippen molar-refractivity contribution in [1.82, 2.24) is 4.57 Å². The van der Waals surface area contributed by atoms with E-state index in [2.05, 4.69) is 16.5 Å². The van der Waals surface area contributed by atoms with Crippen LogP contribution in [0.3, 0.4) is 0 Å². The van der Waals surface area contributed by atoms with Gasteiger partial charge in [0.1, 0.15) is 5.75 Å². The predicted molar refractivity (Wildman–Crippen MR) is 120 cm³/mol. The van der Waals surface area contributed by atoms with Gasteiger partial charge in [0.25, 0.3) is 5.91 Å². The molecule has 0 fully saturated rings. The van der Waals surface area contributed by atoms with Crippen molar-refractivity contribution < 1.29 is 9.53 Å². The van der Waals surface area contributed by atoms with Gasteiger partial charge in [0.05, 0.1) is 18.4 Å². The second-order valence-corrected chi connectivity index (χ2v) is 8.35. The Hall–Kier alpha value is -2.08. The van der Waals surface area contributed by atoms with E-state index >= 15 is 0 Å². The van der Waals surface area contributed by atoms with Crippen LogP contribution in [0.4, 0.5) is 0 Å². The SMILES string of the molecule is CCCc1sc(=NC(=O)c2cc(Cl)ccc2OC)n(CC)c1-c1ccc(Cl)cc1. The molecule has 29 heavy (non-hydrogen) atoms. The maximum Gasteiger partial charge on any atom is 0.283 e. The normalized spacial score (nSPS) is 11.7. The van der Waals surface area contributed by atoms with E-state index in [-0.39, 0.29) is 5.91 Å². The lowest BCUT2D eigenvalue weighted by molar-refractivity contribution is 0.0995. The first-order chi connectivity index (χ1) is 14.0. The van der Waals surface area contributed by atoms with Crippen molar-refractivity contribution in [2.45, 2.75) is 33.2 Å². The van der Waals surface area contributed by atoms with Gasteiger partial charge in [-0.15, -0.1) is 11.3 Å². The van der Waals surface area contributed by atoms with E-state index < -0.39 is 0 Å². The van der Waals surface area contributed by atoms with Crippen LogP contribution in [0.25, 0.3) is 11.3 Å². The van der Waals surface area contributed by atoms with Crippen molar-refractivity contribution in [3.63, 3.8) is 0 Å². The van der Waals surface area contributed by atoms with Crippen molar-refractivity contribution in [1.29, 1.82) is 0 Å². The van der Waals surface area contributed by atoms with Gasteiger partial charge in [0.2, 0.25) is 0 Å². The zero-order valence-electron chi connectivity index (χ0n) is 16.5. The molecule has 1 heterocycles. The van der Waals surface area contributed by atoms with Gasteiger partial charge < -0.3 is 9.30 Å². The van der Waals surface area contributed by atoms with Crippen LogP contribution in [0.5, 0.6) is 5.75 Å². The highest BCUT2D eigenvalue weighted by molar-refractivity contribution is 7.09. The molecule has 0 aliphatic carbocycles. The molecule has 3 rings (SSSR count). The lowest BCUT2D eigenvalue weighted by atomic mass is 10.1. The summed E-state index contributed by atoms with van der Waals surface area (Å²) in [6.45, 7) is 4.88. The number of aryl methyl sites for hydroxylation is 1. The molecule has 0 bridgehead atoms. The van der Waals surface area contributed by atoms with Gasteiger partial charge in [0.15, 0.2) is 4.80 Å². The van der Waals surface area contributed by atoms with E-state index in [1.54, 1.807) is 29.5 Å². The first-order valence-corrected chi connectivity index (χ1v) is 11.0. The summed E-state index contributed by atoms with van der Waals surface area (Å²) >= 11 is 13.7. The Bertz CT molecular complexity index is 1090. The van der Waals surface area contributed by atoms with Crippen molar-refractivity contribution in [3.05, 3.63) is 67.8 Å². The third-order valence-corrected chi connectivity index (χ3v) is 6.10. The van der Waals surface area contributed by atoms with E-state index in [0.717, 1.165) is 24.1 Å². The molecule has 0 spiro atoms. The molecular formula is C22H22Cl2N2O2S. The largest absolute Gasteiger partial charge is 0.496 e. The Morgan fingerprint density at radius 3 is 2.41 bits per heavy atom. The number of nitrogens with zero attached hydrogens (tertiary/aromatic N) is 2. The topological polar surface area (TPSA) is 43.6 Å². The number of hydrogen-bond donors (Lipinski definition) is 0. The molecule has 0 radical (unpaired) electrons. The van der Waals surface area contributed by atoms with Crippen LogP contribution in [0.1, 0.15) is 35.5 Å². The number of thiazole rings is 1. The van der Waals surface area contributed by atoms with E-state index in [4.69, 9.17) is 27.9 Å². The van der Waals surface area contributed by atoms with Gasteiger partial charge in [0, 0.05) is 21.5 Å². The molecule has 0 saturated heterocycles. The van der Waals surface area contributed by atoms with E-state index in [0.29, 0.717) is 32.7 Å². The fraction of sp³-hybridized carbons (Fsp3) is 0.273. The minimum atomic E-state index is -0.376. The third kappa shape index (κ3) is 4.74. The second-order valence-electron chi connectivity index (χ2n) is 6.42. The summed E-state index contributed by atoms with van der Waals surface area (Å²) in [4.78, 5) is 19.2. The predicted octanol–water partition coefficient (Wildman–Crippen LogP) is 6.25. The van der Waals surface area contributed by atoms with Crippen molar-refractivity contribution in [2.75, 3.05) is 7.11 Å². The molecule has 0 atom stereocenters. The van der Waals surface area contributed by atoms with Gasteiger partial charge in [-0.3, -0.25) is 4.79 Å². The molecule has 3 aromatic rings. The molecule has 1 aromatic heterocycles. The number of aromatic nitrogens is 1. The summed E-state index contributed by atoms with van der Waals surface area (Å²) in [5.74, 6) is 0.0768. The Morgan fingerprint density at radius 2 is 1.79 bits per heavy atom. The molecule has 0 N–H and O–H groups in total. The maximum absolute atomic E-state index is 12.9. The summed E-state index contributed by atoms with van der Waals surface area (Å²) in [5, 5.41) is 1.16. The summed E-state index contributed by atoms with van der Waals surface area (Å²) in [6.07, 6.45) is 1.91. The average Bonchev–Trinajstić information content (AvgIpc) is 3.05. The quantitative estimate of drug-likeness (QED) is 0.447. The number of carbonyl (C=O) groups is 1. The Labute approximate surface area is 184 Å². The minimum Gasteiger partial charge on any atom is -0.496 e. The summed E-state index contributed by atoms with van der Waals surface area (Å²) in [5.41, 5.74) is 2.49. The van der Waals surface area contributed by atoms with E-state index in [9.17, 15) is 4.79 Å². The fourth-order valence-electron chi connectivity index (χ4n) is 3.15. The van der Waals surface area contributed by atoms with Gasteiger partial charge in [-0.2, -0.15) is 4.99 Å². The van der Waals surface area contributed by atoms with Crippen LogP contribution in [-0.4, -0.2) is 17.6 Å². The fourth-order valence-corrected chi connectivity index (χ4v) is 4.76. The van der Waals surface area contributed by atoms with Crippen LogP contribution < -0.4 is 9.54 Å². The highest BCUT2D eigenvalue weighted by atomic mass is 35.5. The zero-order valence-corrected chi connectivity index (χ0v) is 18.9. The van der Waals surface area contributed by atoms with Crippen molar-refractivity contribution in [2.24, 2.45) is 4.99 Å². The molecule has 0 saturated carbocycles. The van der Waals surface area contributed by atoms with E-state index in [1.165, 1.54) is 12.0 Å².